The molecule has 1 rings (SSSR count). The summed E-state index contributed by atoms with van der Waals surface area (Å²) in [6, 6.07) is 6.95. The zero-order valence-electron chi connectivity index (χ0n) is 12.5. The van der Waals surface area contributed by atoms with E-state index in [0.29, 0.717) is 13.0 Å². The van der Waals surface area contributed by atoms with Crippen LogP contribution >= 0.6 is 0 Å². The fourth-order valence-corrected chi connectivity index (χ4v) is 2.01. The molecule has 0 fully saturated rings. The van der Waals surface area contributed by atoms with Crippen LogP contribution in [0.3, 0.4) is 0 Å². The number of rotatable bonds is 7. The molecule has 3 N–H and O–H groups in total. The molecule has 4 nitrogen and oxygen atoms in total. The third-order valence-corrected chi connectivity index (χ3v) is 3.31. The molecular weight excluding hydrogens is 254 g/mol. The van der Waals surface area contributed by atoms with Crippen molar-refractivity contribution in [2.24, 2.45) is 5.41 Å². The molecule has 0 aromatic heterocycles. The minimum absolute atomic E-state index is 0.0302. The van der Waals surface area contributed by atoms with Crippen LogP contribution in [0.4, 0.5) is 0 Å². The van der Waals surface area contributed by atoms with Gasteiger partial charge in [0, 0.05) is 6.54 Å². The minimum Gasteiger partial charge on any atom is -0.480 e. The van der Waals surface area contributed by atoms with E-state index in [1.807, 2.05) is 24.3 Å². The van der Waals surface area contributed by atoms with Crippen LogP contribution in [0.2, 0.25) is 0 Å². The quantitative estimate of drug-likeness (QED) is 0.717. The van der Waals surface area contributed by atoms with E-state index in [9.17, 15) is 15.0 Å². The third kappa shape index (κ3) is 5.72. The highest BCUT2D eigenvalue weighted by Gasteiger charge is 2.20. The number of benzene rings is 1. The van der Waals surface area contributed by atoms with Crippen molar-refractivity contribution in [1.82, 2.24) is 5.32 Å². The maximum Gasteiger partial charge on any atom is 0.320 e. The number of carboxylic acid groups (broad SMARTS) is 1. The average Bonchev–Trinajstić information content (AvgIpc) is 2.37. The number of hydrogen-bond donors (Lipinski definition) is 3. The molecule has 0 bridgehead atoms. The van der Waals surface area contributed by atoms with Gasteiger partial charge in [0.05, 0.1) is 6.61 Å². The molecule has 112 valence electrons. The van der Waals surface area contributed by atoms with Crippen LogP contribution in [0.15, 0.2) is 24.3 Å². The molecule has 0 saturated carbocycles. The number of carboxylic acids is 1. The second-order valence-corrected chi connectivity index (χ2v) is 6.30. The van der Waals surface area contributed by atoms with Crippen LogP contribution in [0, 0.1) is 5.41 Å². The first-order valence-corrected chi connectivity index (χ1v) is 6.97. The van der Waals surface area contributed by atoms with Crippen molar-refractivity contribution in [1.29, 1.82) is 0 Å². The molecule has 0 radical (unpaired) electrons. The molecule has 0 aliphatic carbocycles. The van der Waals surface area contributed by atoms with Crippen molar-refractivity contribution < 1.29 is 15.0 Å². The molecule has 0 aliphatic heterocycles. The molecule has 0 aliphatic rings. The largest absolute Gasteiger partial charge is 0.480 e. The maximum atomic E-state index is 11.3. The van der Waals surface area contributed by atoms with Gasteiger partial charge in [-0.3, -0.25) is 4.79 Å². The molecule has 20 heavy (non-hydrogen) atoms. The second kappa shape index (κ2) is 7.41. The van der Waals surface area contributed by atoms with Gasteiger partial charge < -0.3 is 15.5 Å². The molecular formula is C16H25NO3. The second-order valence-electron chi connectivity index (χ2n) is 6.30. The predicted molar refractivity (Wildman–Crippen MR) is 79.3 cm³/mol. The molecule has 1 aromatic carbocycles. The SMILES string of the molecule is CC(C)(C)CCC(NCc1ccccc1CO)C(=O)O. The lowest BCUT2D eigenvalue weighted by Crippen LogP contribution is -2.37. The van der Waals surface area contributed by atoms with Gasteiger partial charge in [0.2, 0.25) is 0 Å². The zero-order chi connectivity index (χ0) is 15.2. The van der Waals surface area contributed by atoms with Gasteiger partial charge in [0.1, 0.15) is 6.04 Å². The molecule has 0 spiro atoms. The Morgan fingerprint density at radius 1 is 1.25 bits per heavy atom. The Balaban J connectivity index is 2.61. The average molecular weight is 279 g/mol. The van der Waals surface area contributed by atoms with E-state index in [4.69, 9.17) is 0 Å². The molecule has 4 heteroatoms. The molecule has 0 amide bonds. The van der Waals surface area contributed by atoms with Gasteiger partial charge in [0.25, 0.3) is 0 Å². The van der Waals surface area contributed by atoms with Gasteiger partial charge in [-0.1, -0.05) is 45.0 Å². The van der Waals surface area contributed by atoms with Crippen LogP contribution in [0.25, 0.3) is 0 Å². The predicted octanol–water partition coefficient (Wildman–Crippen LogP) is 2.55. The van der Waals surface area contributed by atoms with Crippen molar-refractivity contribution in [3.8, 4) is 0 Å². The number of carbonyl (C=O) groups is 1. The Bertz CT molecular complexity index is 438. The summed E-state index contributed by atoms with van der Waals surface area (Å²) in [4.78, 5) is 11.3. The Hall–Kier alpha value is -1.39. The number of aliphatic hydroxyl groups is 1. The maximum absolute atomic E-state index is 11.3. The molecule has 1 aromatic rings. The van der Waals surface area contributed by atoms with Crippen LogP contribution in [-0.4, -0.2) is 22.2 Å². The van der Waals surface area contributed by atoms with Crippen LogP contribution in [0.5, 0.6) is 0 Å². The van der Waals surface area contributed by atoms with Gasteiger partial charge >= 0.3 is 5.97 Å². The number of hydrogen-bond acceptors (Lipinski definition) is 3. The topological polar surface area (TPSA) is 69.6 Å². The van der Waals surface area contributed by atoms with E-state index in [2.05, 4.69) is 26.1 Å². The Morgan fingerprint density at radius 3 is 2.35 bits per heavy atom. The summed E-state index contributed by atoms with van der Waals surface area (Å²) in [5, 5.41) is 21.6. The fraction of sp³-hybridized carbons (Fsp3) is 0.562. The standard InChI is InChI=1S/C16H25NO3/c1-16(2,3)9-8-14(15(19)20)17-10-12-6-4-5-7-13(12)11-18/h4-7,14,17-18H,8-11H2,1-3H3,(H,19,20). The van der Waals surface area contributed by atoms with Gasteiger partial charge in [0.15, 0.2) is 0 Å². The van der Waals surface area contributed by atoms with E-state index >= 15 is 0 Å². The lowest BCUT2D eigenvalue weighted by molar-refractivity contribution is -0.139. The summed E-state index contributed by atoms with van der Waals surface area (Å²) in [5.74, 6) is -0.823. The van der Waals surface area contributed by atoms with E-state index in [1.165, 1.54) is 0 Å². The lowest BCUT2D eigenvalue weighted by Gasteiger charge is -2.22. The number of nitrogens with one attached hydrogen (secondary N) is 1. The Kier molecular flexibility index (Phi) is 6.17. The van der Waals surface area contributed by atoms with Crippen LogP contribution in [0.1, 0.15) is 44.7 Å². The van der Waals surface area contributed by atoms with Crippen molar-refractivity contribution in [2.75, 3.05) is 0 Å². The number of aliphatic carboxylic acids is 1. The van der Waals surface area contributed by atoms with Gasteiger partial charge in [-0.25, -0.2) is 0 Å². The highest BCUT2D eigenvalue weighted by Crippen LogP contribution is 2.22. The van der Waals surface area contributed by atoms with Gasteiger partial charge in [-0.2, -0.15) is 0 Å². The summed E-state index contributed by atoms with van der Waals surface area (Å²) in [7, 11) is 0. The van der Waals surface area contributed by atoms with Crippen molar-refractivity contribution >= 4 is 5.97 Å². The molecule has 0 saturated heterocycles. The van der Waals surface area contributed by atoms with E-state index in [-0.39, 0.29) is 12.0 Å². The van der Waals surface area contributed by atoms with Crippen molar-refractivity contribution in [2.45, 2.75) is 52.8 Å². The smallest absolute Gasteiger partial charge is 0.320 e. The Labute approximate surface area is 120 Å². The van der Waals surface area contributed by atoms with Gasteiger partial charge in [-0.15, -0.1) is 0 Å². The molecule has 0 heterocycles. The highest BCUT2D eigenvalue weighted by atomic mass is 16.4. The van der Waals surface area contributed by atoms with E-state index in [0.717, 1.165) is 17.5 Å². The first kappa shape index (κ1) is 16.7. The summed E-state index contributed by atoms with van der Waals surface area (Å²) in [6.45, 7) is 6.74. The normalized spacial score (nSPS) is 13.2. The zero-order valence-corrected chi connectivity index (χ0v) is 12.5. The first-order valence-electron chi connectivity index (χ1n) is 6.97. The summed E-state index contributed by atoms with van der Waals surface area (Å²) >= 11 is 0. The van der Waals surface area contributed by atoms with Crippen LogP contribution < -0.4 is 5.32 Å². The monoisotopic (exact) mass is 279 g/mol. The molecule has 1 atom stereocenters. The minimum atomic E-state index is -0.823. The third-order valence-electron chi connectivity index (χ3n) is 3.31. The Morgan fingerprint density at radius 2 is 1.85 bits per heavy atom. The number of aliphatic hydroxyl groups excluding tert-OH is 1. The first-order chi connectivity index (χ1) is 9.33. The summed E-state index contributed by atoms with van der Waals surface area (Å²) in [6.07, 6.45) is 1.44. The van der Waals surface area contributed by atoms with Crippen LogP contribution in [-0.2, 0) is 17.9 Å². The highest BCUT2D eigenvalue weighted by molar-refractivity contribution is 5.73. The fourth-order valence-electron chi connectivity index (χ4n) is 2.01. The van der Waals surface area contributed by atoms with Crippen molar-refractivity contribution in [3.63, 3.8) is 0 Å². The molecule has 1 unspecified atom stereocenters. The summed E-state index contributed by atoms with van der Waals surface area (Å²) < 4.78 is 0. The lowest BCUT2D eigenvalue weighted by atomic mass is 9.88. The van der Waals surface area contributed by atoms with E-state index < -0.39 is 12.0 Å². The van der Waals surface area contributed by atoms with E-state index in [1.54, 1.807) is 0 Å². The summed E-state index contributed by atoms with van der Waals surface area (Å²) in [5.41, 5.74) is 1.90. The van der Waals surface area contributed by atoms with Gasteiger partial charge in [-0.05, 0) is 29.4 Å². The van der Waals surface area contributed by atoms with Crippen molar-refractivity contribution in [3.05, 3.63) is 35.4 Å².